The summed E-state index contributed by atoms with van der Waals surface area (Å²) in [7, 11) is 0. The summed E-state index contributed by atoms with van der Waals surface area (Å²) >= 11 is 0. The molecule has 0 unspecified atom stereocenters. The molecule has 0 amide bonds. The molecule has 0 saturated heterocycles. The van der Waals surface area contributed by atoms with E-state index in [-0.39, 0.29) is 5.84 Å². The average Bonchev–Trinajstić information content (AvgIpc) is 2.72. The molecular weight excluding hydrogens is 314 g/mol. The number of hydrogen-bond acceptors (Lipinski definition) is 3. The van der Waals surface area contributed by atoms with Crippen LogP contribution in [0.5, 0.6) is 0 Å². The van der Waals surface area contributed by atoms with Gasteiger partial charge in [0.25, 0.3) is 0 Å². The number of aliphatic imine (C=N–C) groups is 1. The second-order valence-corrected chi connectivity index (χ2v) is 7.25. The first-order chi connectivity index (χ1) is 11.7. The van der Waals surface area contributed by atoms with Crippen LogP contribution in [0.4, 0.5) is 5.69 Å². The molecule has 5 heteroatoms. The van der Waals surface area contributed by atoms with Crippen LogP contribution in [-0.2, 0) is 5.21 Å². The van der Waals surface area contributed by atoms with Crippen molar-refractivity contribution >= 4 is 17.7 Å². The quantitative estimate of drug-likeness (QED) is 0.484. The summed E-state index contributed by atoms with van der Waals surface area (Å²) in [6.45, 7) is 7.16. The topological polar surface area (TPSA) is 61.6 Å². The third kappa shape index (κ3) is 2.81. The summed E-state index contributed by atoms with van der Waals surface area (Å²) in [6, 6.07) is 16.9. The summed E-state index contributed by atoms with van der Waals surface area (Å²) < 4.78 is 0.826. The molecular formula is C20H22N3O2. The standard InChI is InChI=1S/C20H22N3O2/c1-19(2)20(3,4)23(25)18(22(19)24)16-12-10-15(11-13-16)14-21-17-8-6-5-7-9-17/h5-14H,1-4H3. The molecule has 129 valence electrons. The first-order valence-electron chi connectivity index (χ1n) is 8.26. The van der Waals surface area contributed by atoms with E-state index in [4.69, 9.17) is 0 Å². The Hall–Kier alpha value is -2.66. The maximum absolute atomic E-state index is 12.7. The van der Waals surface area contributed by atoms with E-state index in [0.29, 0.717) is 5.56 Å². The Morgan fingerprint density at radius 1 is 1.00 bits per heavy atom. The Bertz CT molecular complexity index is 822. The van der Waals surface area contributed by atoms with Gasteiger partial charge in [0.2, 0.25) is 0 Å². The first-order valence-corrected chi connectivity index (χ1v) is 8.26. The maximum atomic E-state index is 12.7. The zero-order chi connectivity index (χ0) is 18.2. The second-order valence-electron chi connectivity index (χ2n) is 7.25. The normalized spacial score (nSPS) is 19.0. The van der Waals surface area contributed by atoms with Crippen molar-refractivity contribution in [3.63, 3.8) is 0 Å². The summed E-state index contributed by atoms with van der Waals surface area (Å²) in [5.74, 6) is 0.154. The van der Waals surface area contributed by atoms with Crippen LogP contribution in [0, 0.1) is 5.21 Å². The molecule has 2 aromatic rings. The molecule has 0 atom stereocenters. The summed E-state index contributed by atoms with van der Waals surface area (Å²) in [4.78, 5) is 4.40. The minimum absolute atomic E-state index is 0.154. The molecule has 1 aliphatic rings. The molecule has 0 fully saturated rings. The van der Waals surface area contributed by atoms with E-state index >= 15 is 0 Å². The molecule has 0 aromatic heterocycles. The van der Waals surface area contributed by atoms with Crippen molar-refractivity contribution in [3.8, 4) is 0 Å². The van der Waals surface area contributed by atoms with Crippen molar-refractivity contribution in [2.75, 3.05) is 0 Å². The molecule has 25 heavy (non-hydrogen) atoms. The third-order valence-electron chi connectivity index (χ3n) is 5.19. The van der Waals surface area contributed by atoms with Crippen LogP contribution in [0.3, 0.4) is 0 Å². The van der Waals surface area contributed by atoms with Gasteiger partial charge in [0, 0.05) is 11.4 Å². The van der Waals surface area contributed by atoms with Crippen molar-refractivity contribution in [2.24, 2.45) is 4.99 Å². The monoisotopic (exact) mass is 336 g/mol. The highest BCUT2D eigenvalue weighted by atomic mass is 16.5. The number of amidine groups is 1. The molecule has 1 radical (unpaired) electrons. The fraction of sp³-hybridized carbons (Fsp3) is 0.300. The van der Waals surface area contributed by atoms with Crippen molar-refractivity contribution in [1.29, 1.82) is 0 Å². The van der Waals surface area contributed by atoms with Crippen molar-refractivity contribution in [1.82, 2.24) is 5.06 Å². The van der Waals surface area contributed by atoms with Gasteiger partial charge in [-0.2, -0.15) is 0 Å². The van der Waals surface area contributed by atoms with E-state index < -0.39 is 11.1 Å². The summed E-state index contributed by atoms with van der Waals surface area (Å²) in [5, 5.41) is 26.1. The van der Waals surface area contributed by atoms with E-state index in [1.165, 1.54) is 0 Å². The van der Waals surface area contributed by atoms with Crippen LogP contribution >= 0.6 is 0 Å². The van der Waals surface area contributed by atoms with Gasteiger partial charge in [-0.1, -0.05) is 35.4 Å². The van der Waals surface area contributed by atoms with Gasteiger partial charge in [-0.05, 0) is 57.5 Å². The first kappa shape index (κ1) is 17.2. The number of hydroxylamine groups is 3. The number of nitrogens with zero attached hydrogens (tertiary/aromatic N) is 3. The second kappa shape index (κ2) is 6.01. The minimum atomic E-state index is -0.808. The van der Waals surface area contributed by atoms with E-state index in [2.05, 4.69) is 4.99 Å². The van der Waals surface area contributed by atoms with E-state index in [0.717, 1.165) is 21.1 Å². The summed E-state index contributed by atoms with van der Waals surface area (Å²) in [5.41, 5.74) is 0.770. The fourth-order valence-corrected chi connectivity index (χ4v) is 2.72. The lowest BCUT2D eigenvalue weighted by Crippen LogP contribution is -2.53. The zero-order valence-corrected chi connectivity index (χ0v) is 14.9. The minimum Gasteiger partial charge on any atom is -0.714 e. The van der Waals surface area contributed by atoms with Crippen LogP contribution in [-0.4, -0.2) is 32.9 Å². The molecule has 2 aromatic carbocycles. The Labute approximate surface area is 148 Å². The molecule has 0 bridgehead atoms. The van der Waals surface area contributed by atoms with Crippen LogP contribution < -0.4 is 0 Å². The molecule has 1 heterocycles. The third-order valence-corrected chi connectivity index (χ3v) is 5.19. The van der Waals surface area contributed by atoms with Crippen LogP contribution in [0.15, 0.2) is 59.6 Å². The fourth-order valence-electron chi connectivity index (χ4n) is 2.72. The SMILES string of the molecule is CC1(C)N([O])C(c2ccc(C=Nc3ccccc3)cc2)=[N+]([O-])C1(C)C. The molecule has 0 saturated carbocycles. The number of benzene rings is 2. The van der Waals surface area contributed by atoms with E-state index in [1.54, 1.807) is 46.0 Å². The Morgan fingerprint density at radius 3 is 2.12 bits per heavy atom. The lowest BCUT2D eigenvalue weighted by Gasteiger charge is -2.32. The van der Waals surface area contributed by atoms with Crippen LogP contribution in [0.1, 0.15) is 38.8 Å². The molecule has 0 spiro atoms. The van der Waals surface area contributed by atoms with Gasteiger partial charge in [-0.15, -0.1) is 0 Å². The van der Waals surface area contributed by atoms with Gasteiger partial charge in [0.05, 0.1) is 11.3 Å². The van der Waals surface area contributed by atoms with Gasteiger partial charge < -0.3 is 5.21 Å². The van der Waals surface area contributed by atoms with Gasteiger partial charge in [0.1, 0.15) is 5.54 Å². The highest BCUT2D eigenvalue weighted by molar-refractivity contribution is 5.96. The van der Waals surface area contributed by atoms with Crippen molar-refractivity contribution < 1.29 is 9.95 Å². The highest BCUT2D eigenvalue weighted by Crippen LogP contribution is 2.37. The van der Waals surface area contributed by atoms with Crippen molar-refractivity contribution in [2.45, 2.75) is 38.8 Å². The van der Waals surface area contributed by atoms with Gasteiger partial charge in [-0.25, -0.2) is 0 Å². The lowest BCUT2D eigenvalue weighted by molar-refractivity contribution is -0.539. The molecule has 5 nitrogen and oxygen atoms in total. The van der Waals surface area contributed by atoms with Crippen molar-refractivity contribution in [3.05, 3.63) is 70.9 Å². The maximum Gasteiger partial charge on any atom is 0.316 e. The summed E-state index contributed by atoms with van der Waals surface area (Å²) in [6.07, 6.45) is 1.76. The largest absolute Gasteiger partial charge is 0.714 e. The highest BCUT2D eigenvalue weighted by Gasteiger charge is 2.59. The Balaban J connectivity index is 1.88. The van der Waals surface area contributed by atoms with E-state index in [1.807, 2.05) is 42.5 Å². The number of rotatable bonds is 3. The molecule has 0 N–H and O–H groups in total. The van der Waals surface area contributed by atoms with Gasteiger partial charge in [0.15, 0.2) is 5.54 Å². The van der Waals surface area contributed by atoms with Gasteiger partial charge >= 0.3 is 5.84 Å². The van der Waals surface area contributed by atoms with E-state index in [9.17, 15) is 10.4 Å². The van der Waals surface area contributed by atoms with Gasteiger partial charge in [-0.3, -0.25) is 9.73 Å². The lowest BCUT2D eigenvalue weighted by atomic mass is 9.84. The molecule has 3 rings (SSSR count). The smallest absolute Gasteiger partial charge is 0.316 e. The zero-order valence-electron chi connectivity index (χ0n) is 14.9. The number of para-hydroxylation sites is 1. The molecule has 1 aliphatic heterocycles. The Morgan fingerprint density at radius 2 is 1.60 bits per heavy atom. The Kier molecular flexibility index (Phi) is 4.13. The van der Waals surface area contributed by atoms with Crippen LogP contribution in [0.2, 0.25) is 0 Å². The predicted molar refractivity (Wildman–Crippen MR) is 98.6 cm³/mol. The molecule has 0 aliphatic carbocycles. The van der Waals surface area contributed by atoms with Crippen LogP contribution in [0.25, 0.3) is 0 Å². The predicted octanol–water partition coefficient (Wildman–Crippen LogP) is 3.91. The number of hydrogen-bond donors (Lipinski definition) is 0. The average molecular weight is 336 g/mol.